The van der Waals surface area contributed by atoms with Crippen LogP contribution in [-0.2, 0) is 16.4 Å². The Bertz CT molecular complexity index is 803. The van der Waals surface area contributed by atoms with Crippen LogP contribution >= 0.6 is 0 Å². The van der Waals surface area contributed by atoms with Gasteiger partial charge in [0.25, 0.3) is 0 Å². The number of anilines is 1. The molecule has 0 saturated carbocycles. The number of nitrogens with zero attached hydrogens (tertiary/aromatic N) is 2. The zero-order chi connectivity index (χ0) is 17.7. The molecule has 1 aromatic carbocycles. The number of nitrogens with one attached hydrogen (secondary N) is 1. The fourth-order valence-corrected chi connectivity index (χ4v) is 4.38. The summed E-state index contributed by atoms with van der Waals surface area (Å²) in [6.07, 6.45) is 4.96. The van der Waals surface area contributed by atoms with Gasteiger partial charge in [-0.2, -0.15) is 4.31 Å². The van der Waals surface area contributed by atoms with Gasteiger partial charge in [-0.25, -0.2) is 17.8 Å². The van der Waals surface area contributed by atoms with Crippen molar-refractivity contribution in [2.75, 3.05) is 25.0 Å². The summed E-state index contributed by atoms with van der Waals surface area (Å²) in [6, 6.07) is 9.73. The quantitative estimate of drug-likeness (QED) is 0.857. The number of piperidine rings is 1. The molecule has 0 spiro atoms. The average molecular weight is 363 g/mol. The molecule has 7 heteroatoms. The van der Waals surface area contributed by atoms with Crippen molar-refractivity contribution >= 4 is 15.8 Å². The molecule has 1 fully saturated rings. The van der Waals surface area contributed by atoms with Gasteiger partial charge in [-0.05, 0) is 49.1 Å². The van der Waals surface area contributed by atoms with Gasteiger partial charge in [-0.1, -0.05) is 18.6 Å². The van der Waals surface area contributed by atoms with E-state index in [-0.39, 0.29) is 10.7 Å². The minimum Gasteiger partial charge on any atom is -0.370 e. The SMILES string of the molecule is O=S(=O)(c1ccc(NCCc2cccc(F)c2)nc1)N1CCCCC1. The van der Waals surface area contributed by atoms with Crippen LogP contribution in [0.25, 0.3) is 0 Å². The normalized spacial score (nSPS) is 15.9. The van der Waals surface area contributed by atoms with Gasteiger partial charge in [-0.3, -0.25) is 0 Å². The third-order valence-corrected chi connectivity index (χ3v) is 6.18. The minimum absolute atomic E-state index is 0.227. The average Bonchev–Trinajstić information content (AvgIpc) is 2.63. The second-order valence-electron chi connectivity index (χ2n) is 6.15. The molecule has 5 nitrogen and oxygen atoms in total. The van der Waals surface area contributed by atoms with Crippen molar-refractivity contribution in [3.63, 3.8) is 0 Å². The van der Waals surface area contributed by atoms with Crippen LogP contribution in [0.3, 0.4) is 0 Å². The van der Waals surface area contributed by atoms with Gasteiger partial charge < -0.3 is 5.32 Å². The molecule has 0 atom stereocenters. The van der Waals surface area contributed by atoms with E-state index < -0.39 is 10.0 Å². The Morgan fingerprint density at radius 3 is 2.60 bits per heavy atom. The Balaban J connectivity index is 1.58. The highest BCUT2D eigenvalue weighted by atomic mass is 32.2. The molecule has 0 bridgehead atoms. The molecule has 1 aliphatic heterocycles. The standard InChI is InChI=1S/C18H22FN3O2S/c19-16-6-4-5-15(13-16)9-10-20-18-8-7-17(14-21-18)25(23,24)22-11-2-1-3-12-22/h4-8,13-14H,1-3,9-12H2,(H,20,21). The van der Waals surface area contributed by atoms with E-state index in [0.717, 1.165) is 24.8 Å². The van der Waals surface area contributed by atoms with Crippen molar-refractivity contribution in [2.24, 2.45) is 0 Å². The summed E-state index contributed by atoms with van der Waals surface area (Å²) in [5, 5.41) is 3.13. The smallest absolute Gasteiger partial charge is 0.244 e. The number of halogens is 1. The second-order valence-corrected chi connectivity index (χ2v) is 8.09. The number of aromatic nitrogens is 1. The first kappa shape index (κ1) is 17.8. The molecular weight excluding hydrogens is 341 g/mol. The fourth-order valence-electron chi connectivity index (χ4n) is 2.92. The van der Waals surface area contributed by atoms with Crippen LogP contribution in [-0.4, -0.2) is 37.3 Å². The third-order valence-electron chi connectivity index (χ3n) is 4.30. The first-order chi connectivity index (χ1) is 12.1. The van der Waals surface area contributed by atoms with Gasteiger partial charge in [0.1, 0.15) is 16.5 Å². The van der Waals surface area contributed by atoms with Crippen LogP contribution in [0, 0.1) is 5.82 Å². The second kappa shape index (κ2) is 7.93. The van der Waals surface area contributed by atoms with E-state index in [1.165, 1.54) is 22.6 Å². The number of hydrogen-bond acceptors (Lipinski definition) is 4. The van der Waals surface area contributed by atoms with Crippen molar-refractivity contribution in [1.82, 2.24) is 9.29 Å². The van der Waals surface area contributed by atoms with Crippen molar-refractivity contribution in [2.45, 2.75) is 30.6 Å². The number of pyridine rings is 1. The van der Waals surface area contributed by atoms with E-state index >= 15 is 0 Å². The largest absolute Gasteiger partial charge is 0.370 e. The molecule has 2 heterocycles. The van der Waals surface area contributed by atoms with E-state index in [4.69, 9.17) is 0 Å². The van der Waals surface area contributed by atoms with E-state index in [1.807, 2.05) is 6.07 Å². The van der Waals surface area contributed by atoms with Gasteiger partial charge in [0, 0.05) is 25.8 Å². The number of benzene rings is 1. The fraction of sp³-hybridized carbons (Fsp3) is 0.389. The van der Waals surface area contributed by atoms with E-state index in [1.54, 1.807) is 18.2 Å². The van der Waals surface area contributed by atoms with Crippen molar-refractivity contribution in [1.29, 1.82) is 0 Å². The summed E-state index contributed by atoms with van der Waals surface area (Å²) < 4.78 is 39.8. The molecule has 1 aromatic heterocycles. The van der Waals surface area contributed by atoms with Crippen molar-refractivity contribution < 1.29 is 12.8 Å². The molecule has 0 aliphatic carbocycles. The van der Waals surface area contributed by atoms with Gasteiger partial charge in [0.05, 0.1) is 0 Å². The summed E-state index contributed by atoms with van der Waals surface area (Å²) in [5.74, 6) is 0.358. The lowest BCUT2D eigenvalue weighted by atomic mass is 10.1. The van der Waals surface area contributed by atoms with Crippen LogP contribution in [0.2, 0.25) is 0 Å². The van der Waals surface area contributed by atoms with Crippen LogP contribution < -0.4 is 5.32 Å². The molecule has 0 unspecified atom stereocenters. The van der Waals surface area contributed by atoms with Crippen LogP contribution in [0.4, 0.5) is 10.2 Å². The Kier molecular flexibility index (Phi) is 5.65. The predicted molar refractivity (Wildman–Crippen MR) is 95.4 cm³/mol. The molecule has 1 aliphatic rings. The predicted octanol–water partition coefficient (Wildman–Crippen LogP) is 3.05. The maximum Gasteiger partial charge on any atom is 0.244 e. The summed E-state index contributed by atoms with van der Waals surface area (Å²) in [7, 11) is -3.45. The van der Waals surface area contributed by atoms with E-state index in [9.17, 15) is 12.8 Å². The lowest BCUT2D eigenvalue weighted by molar-refractivity contribution is 0.346. The van der Waals surface area contributed by atoms with Crippen LogP contribution in [0.1, 0.15) is 24.8 Å². The van der Waals surface area contributed by atoms with Gasteiger partial charge in [0.2, 0.25) is 10.0 Å². The first-order valence-electron chi connectivity index (χ1n) is 8.50. The van der Waals surface area contributed by atoms with Crippen molar-refractivity contribution in [3.05, 3.63) is 54.0 Å². The van der Waals surface area contributed by atoms with Gasteiger partial charge >= 0.3 is 0 Å². The Morgan fingerprint density at radius 1 is 1.12 bits per heavy atom. The Labute approximate surface area is 147 Å². The van der Waals surface area contributed by atoms with Crippen LogP contribution in [0.15, 0.2) is 47.5 Å². The Morgan fingerprint density at radius 2 is 1.92 bits per heavy atom. The van der Waals surface area contributed by atoms with Crippen molar-refractivity contribution in [3.8, 4) is 0 Å². The zero-order valence-electron chi connectivity index (χ0n) is 14.0. The highest BCUT2D eigenvalue weighted by Crippen LogP contribution is 2.20. The molecular formula is C18H22FN3O2S. The molecule has 134 valence electrons. The molecule has 2 aromatic rings. The molecule has 0 radical (unpaired) electrons. The number of sulfonamides is 1. The number of hydrogen-bond donors (Lipinski definition) is 1. The Hall–Kier alpha value is -1.99. The summed E-state index contributed by atoms with van der Waals surface area (Å²) >= 11 is 0. The van der Waals surface area contributed by atoms with Gasteiger partial charge in [-0.15, -0.1) is 0 Å². The lowest BCUT2D eigenvalue weighted by Gasteiger charge is -2.25. The van der Waals surface area contributed by atoms with Gasteiger partial charge in [0.15, 0.2) is 0 Å². The maximum absolute atomic E-state index is 13.1. The molecule has 1 N–H and O–H groups in total. The van der Waals surface area contributed by atoms with E-state index in [2.05, 4.69) is 10.3 Å². The minimum atomic E-state index is -3.45. The first-order valence-corrected chi connectivity index (χ1v) is 9.94. The summed E-state index contributed by atoms with van der Waals surface area (Å²) in [4.78, 5) is 4.42. The molecule has 25 heavy (non-hydrogen) atoms. The highest BCUT2D eigenvalue weighted by Gasteiger charge is 2.25. The highest BCUT2D eigenvalue weighted by molar-refractivity contribution is 7.89. The molecule has 0 amide bonds. The third kappa shape index (κ3) is 4.55. The van der Waals surface area contributed by atoms with Crippen LogP contribution in [0.5, 0.6) is 0 Å². The molecule has 1 saturated heterocycles. The summed E-state index contributed by atoms with van der Waals surface area (Å²) in [6.45, 7) is 1.75. The summed E-state index contributed by atoms with van der Waals surface area (Å²) in [5.41, 5.74) is 0.900. The lowest BCUT2D eigenvalue weighted by Crippen LogP contribution is -2.35. The zero-order valence-corrected chi connectivity index (χ0v) is 14.8. The molecule has 3 rings (SSSR count). The number of rotatable bonds is 6. The maximum atomic E-state index is 13.1. The monoisotopic (exact) mass is 363 g/mol. The topological polar surface area (TPSA) is 62.3 Å². The van der Waals surface area contributed by atoms with E-state index in [0.29, 0.717) is 31.9 Å².